The van der Waals surface area contributed by atoms with Crippen molar-refractivity contribution in [3.8, 4) is 10.7 Å². The van der Waals surface area contributed by atoms with Gasteiger partial charge in [0.1, 0.15) is 71.3 Å². The summed E-state index contributed by atoms with van der Waals surface area (Å²) < 4.78 is 0. The number of aliphatic carboxylic acids is 1. The lowest BCUT2D eigenvalue weighted by Crippen LogP contribution is -2.43. The standard InChI is InChI=1S/C18H30N2O5S.C16H19N3O3S2.C15H17N3O4S2.C15H15N3O4S2/c1-4-5-6-17(24)20-14(11-16(19)23)15(22)9-12(2)7-8-13(21)10-18(25)26-3;1-9(20)10-7-24-15(19-10)11-8-23-14(18-11)6-17-13(22)5-12(21)16(2)3-4-16;2*1-15(2-3-15)10(19)4-11(20)16-5-12-17-8(6-23-12)13-18-9(7-24-13)14(21)22/h12,14H,4-11H2,1-3H3,(H2,19,23)(H,20,24);7,11H,3-6,8H2,1-2H3,(H,17,22);6,9H,2-5,7H2,1H3,(H,16,20)(H,21,22);6-7H,2-5H2,1H3,(H,16,20)(H,21,22)/t12-,14+;11-;;/m00../s1. The highest BCUT2D eigenvalue weighted by atomic mass is 32.2. The number of aromatic nitrogens is 4. The van der Waals surface area contributed by atoms with Crippen LogP contribution in [0.25, 0.3) is 10.7 Å². The van der Waals surface area contributed by atoms with Crippen molar-refractivity contribution in [1.82, 2.24) is 41.2 Å². The smallest absolute Gasteiger partial charge is 0.355 e. The molecule has 530 valence electrons. The van der Waals surface area contributed by atoms with Crippen LogP contribution in [0.1, 0.15) is 198 Å². The molecular weight excluding hydrogens is 1400 g/mol. The fourth-order valence-electron chi connectivity index (χ4n) is 8.91. The Hall–Kier alpha value is -7.11. The first-order valence-corrected chi connectivity index (χ1v) is 38.3. The number of aromatic carboxylic acids is 1. The molecule has 1 unspecified atom stereocenters. The Kier molecular flexibility index (Phi) is 30.4. The number of nitrogens with two attached hydrogens (primary N) is 1. The topological polar surface area (TPSA) is 430 Å². The predicted molar refractivity (Wildman–Crippen MR) is 376 cm³/mol. The van der Waals surface area contributed by atoms with Gasteiger partial charge >= 0.3 is 11.9 Å². The van der Waals surface area contributed by atoms with Crippen LogP contribution in [0.15, 0.2) is 31.5 Å². The molecule has 2 aliphatic heterocycles. The van der Waals surface area contributed by atoms with Crippen LogP contribution in [0.4, 0.5) is 0 Å². The Morgan fingerprint density at radius 1 is 0.633 bits per heavy atom. The van der Waals surface area contributed by atoms with Gasteiger partial charge in [-0.25, -0.2) is 29.5 Å². The summed E-state index contributed by atoms with van der Waals surface area (Å²) in [6.45, 7) is 11.8. The molecule has 98 heavy (non-hydrogen) atoms. The van der Waals surface area contributed by atoms with E-state index in [0.717, 1.165) is 72.5 Å². The fraction of sp³-hybridized carbons (Fsp3) is 0.562. The second-order valence-corrected chi connectivity index (χ2v) is 31.6. The Bertz CT molecular complexity index is 3710. The number of ketones is 6. The van der Waals surface area contributed by atoms with Crippen LogP contribution >= 0.6 is 80.6 Å². The Labute approximate surface area is 595 Å². The first-order chi connectivity index (χ1) is 46.3. The monoisotopic (exact) mass is 1480 g/mol. The zero-order valence-electron chi connectivity index (χ0n) is 55.4. The third-order valence-corrected chi connectivity index (χ3v) is 22.5. The van der Waals surface area contributed by atoms with Crippen LogP contribution in [-0.2, 0) is 70.6 Å². The zero-order chi connectivity index (χ0) is 72.1. The van der Waals surface area contributed by atoms with Gasteiger partial charge in [-0.2, -0.15) is 0 Å². The van der Waals surface area contributed by atoms with Gasteiger partial charge in [0.05, 0.1) is 62.8 Å². The Balaban J connectivity index is 0.000000206. The van der Waals surface area contributed by atoms with Crippen LogP contribution in [-0.4, -0.2) is 158 Å². The highest BCUT2D eigenvalue weighted by molar-refractivity contribution is 8.15. The molecule has 3 aliphatic carbocycles. The maximum Gasteiger partial charge on any atom is 0.355 e. The van der Waals surface area contributed by atoms with Gasteiger partial charge < -0.3 is 37.2 Å². The zero-order valence-corrected chi connectivity index (χ0v) is 61.1. The van der Waals surface area contributed by atoms with Gasteiger partial charge in [-0.3, -0.25) is 67.5 Å². The van der Waals surface area contributed by atoms with E-state index < -0.39 is 29.9 Å². The summed E-state index contributed by atoms with van der Waals surface area (Å²) in [4.78, 5) is 188. The fourth-order valence-corrected chi connectivity index (χ4v) is 14.5. The summed E-state index contributed by atoms with van der Waals surface area (Å²) in [7, 11) is 0. The van der Waals surface area contributed by atoms with Crippen molar-refractivity contribution >= 4 is 172 Å². The number of amides is 5. The van der Waals surface area contributed by atoms with Gasteiger partial charge in [0.2, 0.25) is 29.5 Å². The van der Waals surface area contributed by atoms with Crippen molar-refractivity contribution in [2.75, 3.05) is 24.3 Å². The molecule has 27 nitrogen and oxygen atoms in total. The molecule has 3 fully saturated rings. The average Bonchev–Trinajstić information content (AvgIpc) is 1.62. The second-order valence-electron chi connectivity index (χ2n) is 25.0. The quantitative estimate of drug-likeness (QED) is 0.0169. The van der Waals surface area contributed by atoms with Crippen LogP contribution in [0.3, 0.4) is 0 Å². The maximum absolute atomic E-state index is 12.4. The normalized spacial score (nSPS) is 17.5. The highest BCUT2D eigenvalue weighted by Gasteiger charge is 2.46. The van der Waals surface area contributed by atoms with E-state index in [1.165, 1.54) is 69.4 Å². The molecule has 4 aromatic heterocycles. The largest absolute Gasteiger partial charge is 0.480 e. The summed E-state index contributed by atoms with van der Waals surface area (Å²) in [6, 6.07) is -1.70. The average molecular weight is 1480 g/mol. The number of hydrogen-bond acceptors (Lipinski definition) is 27. The lowest BCUT2D eigenvalue weighted by atomic mass is 9.93. The second kappa shape index (κ2) is 37.4. The molecule has 34 heteroatoms. The SMILES string of the molecule is CC(=O)c1csc([C@@H]2CSC(CNC(=O)CC(=O)C3(C)CC3)=N2)n1.CC1(C(=O)CC(=O)NCc2nc(-c3nc(C(=O)O)cs3)cs2)CC1.CC1(C(=O)CC(=O)NCc2nc(C3=NC(C(=O)O)CS3)cs2)CC1.CCCCC(=O)N[C@H](CC(N)=O)C(=O)C[C@@H](C)CCC(=O)CC(=O)SC. The summed E-state index contributed by atoms with van der Waals surface area (Å²) in [5.41, 5.74) is 6.02. The molecule has 0 radical (unpaired) electrons. The molecule has 6 heterocycles. The van der Waals surface area contributed by atoms with Crippen LogP contribution in [0.5, 0.6) is 0 Å². The number of thioether (sulfide) groups is 3. The predicted octanol–water partition coefficient (Wildman–Crippen LogP) is 7.97. The van der Waals surface area contributed by atoms with Crippen LogP contribution in [0, 0.1) is 22.2 Å². The van der Waals surface area contributed by atoms with Crippen molar-refractivity contribution in [3.05, 3.63) is 53.6 Å². The number of carboxylic acid groups (broad SMARTS) is 2. The minimum Gasteiger partial charge on any atom is -0.480 e. The maximum atomic E-state index is 12.4. The van der Waals surface area contributed by atoms with Gasteiger partial charge in [0, 0.05) is 75.5 Å². The van der Waals surface area contributed by atoms with Crippen molar-refractivity contribution < 1.29 is 77.3 Å². The van der Waals surface area contributed by atoms with Crippen molar-refractivity contribution in [2.24, 2.45) is 37.9 Å². The Morgan fingerprint density at radius 2 is 1.17 bits per heavy atom. The molecule has 0 aromatic carbocycles. The van der Waals surface area contributed by atoms with Gasteiger partial charge in [-0.1, -0.05) is 52.8 Å². The lowest BCUT2D eigenvalue weighted by molar-refractivity contribution is -0.138. The van der Waals surface area contributed by atoms with E-state index in [0.29, 0.717) is 68.7 Å². The molecule has 0 bridgehead atoms. The number of hydrogen-bond donors (Lipinski definition) is 7. The molecule has 5 amide bonds. The summed E-state index contributed by atoms with van der Waals surface area (Å²) in [6.07, 6.45) is 9.00. The number of aliphatic imine (C=N–C) groups is 2. The van der Waals surface area contributed by atoms with Crippen molar-refractivity contribution in [3.63, 3.8) is 0 Å². The number of unbranched alkanes of at least 4 members (excludes halogenated alkanes) is 1. The molecule has 8 N–H and O–H groups in total. The van der Waals surface area contributed by atoms with E-state index in [-0.39, 0.29) is 155 Å². The number of primary amides is 1. The summed E-state index contributed by atoms with van der Waals surface area (Å²) in [5.74, 6) is -3.15. The molecule has 3 saturated carbocycles. The molecule has 0 saturated heterocycles. The Morgan fingerprint density at radius 3 is 1.65 bits per heavy atom. The van der Waals surface area contributed by atoms with E-state index in [1.54, 1.807) is 34.2 Å². The van der Waals surface area contributed by atoms with Crippen molar-refractivity contribution in [2.45, 2.75) is 182 Å². The molecule has 0 spiro atoms. The summed E-state index contributed by atoms with van der Waals surface area (Å²) in [5, 5.41) is 39.4. The first-order valence-electron chi connectivity index (χ1n) is 31.6. The van der Waals surface area contributed by atoms with E-state index in [1.807, 2.05) is 34.6 Å². The number of nitrogens with one attached hydrogen (secondary N) is 4. The summed E-state index contributed by atoms with van der Waals surface area (Å²) >= 11 is 9.33. The van der Waals surface area contributed by atoms with Crippen LogP contribution in [0.2, 0.25) is 0 Å². The number of carbonyl (C=O) groups excluding carboxylic acids is 12. The number of carbonyl (C=O) groups is 14. The van der Waals surface area contributed by atoms with Gasteiger partial charge in [0.15, 0.2) is 28.4 Å². The van der Waals surface area contributed by atoms with E-state index in [2.05, 4.69) is 51.2 Å². The van der Waals surface area contributed by atoms with E-state index in [9.17, 15) is 67.1 Å². The number of Topliss-reactive ketones (excluding diaryl/α,β-unsaturated/α-hetero) is 6. The number of rotatable bonds is 35. The molecule has 4 atom stereocenters. The molecular formula is C64H81N11O16S7. The minimum atomic E-state index is -1.07. The minimum absolute atomic E-state index is 0.00347. The number of carboxylic acids is 2. The van der Waals surface area contributed by atoms with Gasteiger partial charge in [0.25, 0.3) is 0 Å². The first kappa shape index (κ1) is 79.9. The number of nitrogens with zero attached hydrogens (tertiary/aromatic N) is 6. The third-order valence-electron chi connectivity index (χ3n) is 16.3. The van der Waals surface area contributed by atoms with Gasteiger partial charge in [-0.05, 0) is 63.5 Å². The van der Waals surface area contributed by atoms with Crippen molar-refractivity contribution in [1.29, 1.82) is 0 Å². The molecule has 5 aliphatic rings. The third kappa shape index (κ3) is 26.2. The lowest BCUT2D eigenvalue weighted by Gasteiger charge is -2.18. The molecule has 4 aromatic rings. The van der Waals surface area contributed by atoms with Crippen LogP contribution < -0.4 is 27.0 Å². The van der Waals surface area contributed by atoms with Gasteiger partial charge in [-0.15, -0.1) is 68.9 Å². The van der Waals surface area contributed by atoms with E-state index >= 15 is 0 Å². The van der Waals surface area contributed by atoms with E-state index in [4.69, 9.17) is 15.9 Å². The highest BCUT2D eigenvalue weighted by Crippen LogP contribution is 2.48. The number of thiazole rings is 4. The molecule has 9 rings (SSSR count).